The average Bonchev–Trinajstić information content (AvgIpc) is 2.69. The van der Waals surface area contributed by atoms with Gasteiger partial charge in [-0.15, -0.1) is 0 Å². The molecule has 1 unspecified atom stereocenters. The SMILES string of the molecule is CN=C(NCCS(=O)c1ccccc1)NC1CCN(CC(=O)NC)CC1. The van der Waals surface area contributed by atoms with Crippen LogP contribution in [0, 0.1) is 0 Å². The van der Waals surface area contributed by atoms with Crippen LogP contribution < -0.4 is 16.0 Å². The summed E-state index contributed by atoms with van der Waals surface area (Å²) in [7, 11) is 2.39. The van der Waals surface area contributed by atoms with Gasteiger partial charge in [-0.1, -0.05) is 18.2 Å². The molecule has 1 fully saturated rings. The van der Waals surface area contributed by atoms with E-state index in [1.54, 1.807) is 14.1 Å². The summed E-state index contributed by atoms with van der Waals surface area (Å²) in [5.41, 5.74) is 0. The summed E-state index contributed by atoms with van der Waals surface area (Å²) in [6, 6.07) is 9.83. The van der Waals surface area contributed by atoms with Crippen molar-refractivity contribution in [3.05, 3.63) is 30.3 Å². The Kier molecular flexibility index (Phi) is 8.57. The number of benzene rings is 1. The molecular formula is C18H29N5O2S. The van der Waals surface area contributed by atoms with Crippen molar-refractivity contribution in [3.63, 3.8) is 0 Å². The van der Waals surface area contributed by atoms with Crippen LogP contribution in [0.5, 0.6) is 0 Å². The maximum Gasteiger partial charge on any atom is 0.233 e. The number of aliphatic imine (C=N–C) groups is 1. The first kappa shape index (κ1) is 20.4. The van der Waals surface area contributed by atoms with E-state index in [1.807, 2.05) is 30.3 Å². The number of nitrogens with zero attached hydrogens (tertiary/aromatic N) is 2. The number of likely N-dealkylation sites (N-methyl/N-ethyl adjacent to an activating group) is 1. The second-order valence-electron chi connectivity index (χ2n) is 6.23. The zero-order valence-corrected chi connectivity index (χ0v) is 16.3. The third-order valence-corrected chi connectivity index (χ3v) is 5.76. The Morgan fingerprint density at radius 2 is 1.96 bits per heavy atom. The lowest BCUT2D eigenvalue weighted by molar-refractivity contribution is -0.122. The van der Waals surface area contributed by atoms with E-state index in [0.717, 1.165) is 36.8 Å². The van der Waals surface area contributed by atoms with Gasteiger partial charge in [-0.05, 0) is 25.0 Å². The van der Waals surface area contributed by atoms with Gasteiger partial charge in [-0.3, -0.25) is 18.9 Å². The molecule has 2 rings (SSSR count). The molecule has 1 aromatic rings. The standard InChI is InChI=1S/C18H29N5O2S/c1-19-17(24)14-23-11-8-15(9-12-23)22-18(20-2)21-10-13-26(25)16-6-4-3-5-7-16/h3-7,15H,8-14H2,1-2H3,(H,19,24)(H2,20,21,22). The Morgan fingerprint density at radius 1 is 1.27 bits per heavy atom. The number of amides is 1. The minimum absolute atomic E-state index is 0.0558. The van der Waals surface area contributed by atoms with E-state index >= 15 is 0 Å². The lowest BCUT2D eigenvalue weighted by Crippen LogP contribution is -2.50. The van der Waals surface area contributed by atoms with Gasteiger partial charge >= 0.3 is 0 Å². The number of likely N-dealkylation sites (tertiary alicyclic amines) is 1. The Labute approximate surface area is 158 Å². The molecule has 26 heavy (non-hydrogen) atoms. The largest absolute Gasteiger partial charge is 0.358 e. The van der Waals surface area contributed by atoms with Crippen molar-refractivity contribution in [2.75, 3.05) is 46.0 Å². The average molecular weight is 380 g/mol. The van der Waals surface area contributed by atoms with Gasteiger partial charge in [0, 0.05) is 50.4 Å². The second kappa shape index (κ2) is 10.9. The molecule has 0 spiro atoms. The van der Waals surface area contributed by atoms with Crippen LogP contribution in [0.25, 0.3) is 0 Å². The maximum atomic E-state index is 12.2. The Hall–Kier alpha value is -1.93. The summed E-state index contributed by atoms with van der Waals surface area (Å²) in [5.74, 6) is 1.33. The highest BCUT2D eigenvalue weighted by Crippen LogP contribution is 2.10. The Bertz CT molecular complexity index is 615. The summed E-state index contributed by atoms with van der Waals surface area (Å²) in [6.07, 6.45) is 1.93. The summed E-state index contributed by atoms with van der Waals surface area (Å²) in [5, 5.41) is 9.32. The second-order valence-corrected chi connectivity index (χ2v) is 7.80. The van der Waals surface area contributed by atoms with E-state index in [9.17, 15) is 9.00 Å². The molecule has 1 aliphatic heterocycles. The van der Waals surface area contributed by atoms with Crippen molar-refractivity contribution in [2.45, 2.75) is 23.8 Å². The molecule has 0 aliphatic carbocycles. The van der Waals surface area contributed by atoms with Gasteiger partial charge < -0.3 is 16.0 Å². The van der Waals surface area contributed by atoms with Crippen LogP contribution in [0.15, 0.2) is 40.2 Å². The molecule has 0 bridgehead atoms. The maximum absolute atomic E-state index is 12.2. The smallest absolute Gasteiger partial charge is 0.233 e. The van der Waals surface area contributed by atoms with Crippen LogP contribution in [-0.2, 0) is 15.6 Å². The monoisotopic (exact) mass is 379 g/mol. The molecule has 1 saturated heterocycles. The van der Waals surface area contributed by atoms with E-state index < -0.39 is 10.8 Å². The van der Waals surface area contributed by atoms with Gasteiger partial charge in [0.2, 0.25) is 5.91 Å². The lowest BCUT2D eigenvalue weighted by atomic mass is 10.1. The normalized spacial score (nSPS) is 17.5. The number of piperidine rings is 1. The summed E-state index contributed by atoms with van der Waals surface area (Å²) in [4.78, 5) is 18.7. The van der Waals surface area contributed by atoms with Crippen molar-refractivity contribution < 1.29 is 9.00 Å². The number of carbonyl (C=O) groups excluding carboxylic acids is 1. The zero-order chi connectivity index (χ0) is 18.8. The van der Waals surface area contributed by atoms with Crippen molar-refractivity contribution in [1.82, 2.24) is 20.9 Å². The number of rotatable bonds is 7. The molecular weight excluding hydrogens is 350 g/mol. The number of guanidine groups is 1. The van der Waals surface area contributed by atoms with Crippen LogP contribution in [0.2, 0.25) is 0 Å². The highest BCUT2D eigenvalue weighted by molar-refractivity contribution is 7.85. The Morgan fingerprint density at radius 3 is 2.58 bits per heavy atom. The molecule has 144 valence electrons. The first-order valence-electron chi connectivity index (χ1n) is 8.96. The predicted octanol–water partition coefficient (Wildman–Crippen LogP) is 0.170. The summed E-state index contributed by atoms with van der Waals surface area (Å²) >= 11 is 0. The molecule has 1 aromatic carbocycles. The third kappa shape index (κ3) is 6.76. The molecule has 1 atom stereocenters. The molecule has 8 heteroatoms. The third-order valence-electron chi connectivity index (χ3n) is 4.38. The van der Waals surface area contributed by atoms with Gasteiger partial charge in [-0.2, -0.15) is 0 Å². The molecule has 3 N–H and O–H groups in total. The number of carbonyl (C=O) groups is 1. The van der Waals surface area contributed by atoms with Crippen molar-refractivity contribution >= 4 is 22.7 Å². The minimum Gasteiger partial charge on any atom is -0.358 e. The fraction of sp³-hybridized carbons (Fsp3) is 0.556. The van der Waals surface area contributed by atoms with Gasteiger partial charge in [0.1, 0.15) is 0 Å². The van der Waals surface area contributed by atoms with E-state index in [-0.39, 0.29) is 5.91 Å². The van der Waals surface area contributed by atoms with E-state index in [4.69, 9.17) is 0 Å². The summed E-state index contributed by atoms with van der Waals surface area (Å²) in [6.45, 7) is 2.83. The van der Waals surface area contributed by atoms with Crippen LogP contribution in [0.4, 0.5) is 0 Å². The molecule has 1 aliphatic rings. The van der Waals surface area contributed by atoms with Crippen molar-refractivity contribution in [2.24, 2.45) is 4.99 Å². The van der Waals surface area contributed by atoms with Gasteiger partial charge in [-0.25, -0.2) is 0 Å². The first-order chi connectivity index (χ1) is 12.6. The predicted molar refractivity (Wildman–Crippen MR) is 106 cm³/mol. The molecule has 0 aromatic heterocycles. The molecule has 0 radical (unpaired) electrons. The number of hydrogen-bond donors (Lipinski definition) is 3. The molecule has 1 heterocycles. The van der Waals surface area contributed by atoms with Gasteiger partial charge in [0.15, 0.2) is 5.96 Å². The fourth-order valence-corrected chi connectivity index (χ4v) is 3.84. The van der Waals surface area contributed by atoms with Gasteiger partial charge in [0.25, 0.3) is 0 Å². The zero-order valence-electron chi connectivity index (χ0n) is 15.5. The quantitative estimate of drug-likeness (QED) is 0.464. The Balaban J connectivity index is 1.68. The number of hydrogen-bond acceptors (Lipinski definition) is 4. The minimum atomic E-state index is -1.01. The van der Waals surface area contributed by atoms with E-state index in [0.29, 0.717) is 24.9 Å². The first-order valence-corrected chi connectivity index (χ1v) is 10.3. The topological polar surface area (TPSA) is 85.8 Å². The highest BCUT2D eigenvalue weighted by atomic mass is 32.2. The van der Waals surface area contributed by atoms with Crippen LogP contribution in [-0.4, -0.2) is 73.0 Å². The van der Waals surface area contributed by atoms with Gasteiger partial charge in [0.05, 0.1) is 17.3 Å². The van der Waals surface area contributed by atoms with Crippen LogP contribution >= 0.6 is 0 Å². The highest BCUT2D eigenvalue weighted by Gasteiger charge is 2.21. The van der Waals surface area contributed by atoms with Crippen molar-refractivity contribution in [1.29, 1.82) is 0 Å². The molecule has 0 saturated carbocycles. The van der Waals surface area contributed by atoms with Crippen LogP contribution in [0.3, 0.4) is 0 Å². The van der Waals surface area contributed by atoms with Crippen LogP contribution in [0.1, 0.15) is 12.8 Å². The fourth-order valence-electron chi connectivity index (χ4n) is 2.86. The van der Waals surface area contributed by atoms with Crippen molar-refractivity contribution in [3.8, 4) is 0 Å². The summed E-state index contributed by atoms with van der Waals surface area (Å²) < 4.78 is 12.2. The number of nitrogens with one attached hydrogen (secondary N) is 3. The molecule has 7 nitrogen and oxygen atoms in total. The van der Waals surface area contributed by atoms with E-state index in [1.165, 1.54) is 0 Å². The molecule has 1 amide bonds. The van der Waals surface area contributed by atoms with E-state index in [2.05, 4.69) is 25.8 Å². The lowest BCUT2D eigenvalue weighted by Gasteiger charge is -2.32.